The van der Waals surface area contributed by atoms with Crippen LogP contribution in [0.5, 0.6) is 0 Å². The zero-order chi connectivity index (χ0) is 18.1. The van der Waals surface area contributed by atoms with Gasteiger partial charge in [-0.1, -0.05) is 36.8 Å². The molecule has 0 saturated heterocycles. The lowest BCUT2D eigenvalue weighted by Crippen LogP contribution is -2.13. The largest absolute Gasteiger partial charge is 0.359 e. The Morgan fingerprint density at radius 3 is 2.65 bits per heavy atom. The van der Waals surface area contributed by atoms with Gasteiger partial charge in [0.1, 0.15) is 22.8 Å². The molecular weight excluding hydrogens is 344 g/mol. The second-order valence-corrected chi connectivity index (χ2v) is 7.16. The Morgan fingerprint density at radius 2 is 1.96 bits per heavy atom. The molecule has 1 atom stereocenters. The highest BCUT2D eigenvalue weighted by Gasteiger charge is 2.19. The highest BCUT2D eigenvalue weighted by atomic mass is 32.1. The van der Waals surface area contributed by atoms with E-state index in [4.69, 9.17) is 0 Å². The minimum absolute atomic E-state index is 0.0104. The van der Waals surface area contributed by atoms with Crippen molar-refractivity contribution in [2.45, 2.75) is 33.2 Å². The van der Waals surface area contributed by atoms with Crippen LogP contribution in [0.3, 0.4) is 0 Å². The van der Waals surface area contributed by atoms with E-state index in [0.717, 1.165) is 39.7 Å². The smallest absolute Gasteiger partial charge is 0.172 e. The number of benzene rings is 1. The van der Waals surface area contributed by atoms with Crippen LogP contribution in [0.15, 0.2) is 36.0 Å². The lowest BCUT2D eigenvalue weighted by molar-refractivity contribution is 0.694. The summed E-state index contributed by atoms with van der Waals surface area (Å²) >= 11 is 1.63. The maximum Gasteiger partial charge on any atom is 0.172 e. The summed E-state index contributed by atoms with van der Waals surface area (Å²) in [7, 11) is 0. The van der Waals surface area contributed by atoms with Crippen LogP contribution in [0.25, 0.3) is 21.3 Å². The van der Waals surface area contributed by atoms with Crippen molar-refractivity contribution < 1.29 is 0 Å². The van der Waals surface area contributed by atoms with Crippen molar-refractivity contribution in [2.75, 3.05) is 5.32 Å². The molecule has 3 heterocycles. The Labute approximate surface area is 155 Å². The number of aromatic amines is 1. The van der Waals surface area contributed by atoms with Crippen LogP contribution in [0.4, 0.5) is 5.82 Å². The Bertz CT molecular complexity index is 1030. The molecule has 132 valence electrons. The van der Waals surface area contributed by atoms with E-state index in [1.54, 1.807) is 17.7 Å². The second kappa shape index (κ2) is 6.84. The van der Waals surface area contributed by atoms with Gasteiger partial charge in [-0.2, -0.15) is 5.10 Å². The normalized spacial score (nSPS) is 12.4. The third-order valence-electron chi connectivity index (χ3n) is 4.38. The summed E-state index contributed by atoms with van der Waals surface area (Å²) in [4.78, 5) is 14.4. The van der Waals surface area contributed by atoms with Gasteiger partial charge in [-0.25, -0.2) is 15.0 Å². The van der Waals surface area contributed by atoms with Crippen LogP contribution in [-0.2, 0) is 0 Å². The fourth-order valence-electron chi connectivity index (χ4n) is 2.96. The highest BCUT2D eigenvalue weighted by molar-refractivity contribution is 7.17. The van der Waals surface area contributed by atoms with Crippen molar-refractivity contribution in [3.05, 3.63) is 53.2 Å². The van der Waals surface area contributed by atoms with E-state index in [-0.39, 0.29) is 6.04 Å². The third-order valence-corrected chi connectivity index (χ3v) is 5.26. The number of rotatable bonds is 5. The monoisotopic (exact) mass is 364 g/mol. The zero-order valence-electron chi connectivity index (χ0n) is 14.9. The molecule has 0 radical (unpaired) electrons. The van der Waals surface area contributed by atoms with Crippen molar-refractivity contribution >= 4 is 27.4 Å². The van der Waals surface area contributed by atoms with Gasteiger partial charge < -0.3 is 5.32 Å². The second-order valence-electron chi connectivity index (χ2n) is 6.30. The first-order chi connectivity index (χ1) is 12.7. The molecule has 0 aliphatic carbocycles. The molecule has 0 saturated carbocycles. The number of aromatic nitrogens is 5. The van der Waals surface area contributed by atoms with E-state index in [2.05, 4.69) is 74.0 Å². The number of H-pyrrole nitrogens is 1. The molecule has 0 aliphatic heterocycles. The quantitative estimate of drug-likeness (QED) is 0.538. The summed E-state index contributed by atoms with van der Waals surface area (Å²) < 4.78 is 0. The van der Waals surface area contributed by atoms with Crippen LogP contribution in [0.1, 0.15) is 36.6 Å². The zero-order valence-corrected chi connectivity index (χ0v) is 15.8. The first kappa shape index (κ1) is 16.7. The number of fused-ring (bicyclic) bond motifs is 1. The van der Waals surface area contributed by atoms with E-state index >= 15 is 0 Å². The molecule has 7 heteroatoms. The minimum atomic E-state index is -0.0104. The van der Waals surface area contributed by atoms with Crippen molar-refractivity contribution in [3.8, 4) is 11.1 Å². The molecule has 4 rings (SSSR count). The van der Waals surface area contributed by atoms with Gasteiger partial charge in [0, 0.05) is 10.9 Å². The summed E-state index contributed by atoms with van der Waals surface area (Å²) in [6.45, 7) is 6.10. The SMILES string of the molecule is CC[C@@H](Nc1ncnc2scc(-c3ccc(C)cc3)c12)c1n[nH]c(C)n1. The maximum absolute atomic E-state index is 4.52. The van der Waals surface area contributed by atoms with Crippen LogP contribution in [-0.4, -0.2) is 25.1 Å². The van der Waals surface area contributed by atoms with Crippen molar-refractivity contribution in [1.82, 2.24) is 25.1 Å². The van der Waals surface area contributed by atoms with Gasteiger partial charge in [0.05, 0.1) is 11.4 Å². The van der Waals surface area contributed by atoms with Gasteiger partial charge in [0.15, 0.2) is 5.82 Å². The molecule has 4 aromatic rings. The first-order valence-electron chi connectivity index (χ1n) is 8.60. The minimum Gasteiger partial charge on any atom is -0.359 e. The van der Waals surface area contributed by atoms with Crippen LogP contribution in [0.2, 0.25) is 0 Å². The van der Waals surface area contributed by atoms with Gasteiger partial charge in [-0.15, -0.1) is 11.3 Å². The summed E-state index contributed by atoms with van der Waals surface area (Å²) in [6, 6.07) is 8.53. The molecule has 0 aliphatic rings. The number of thiophene rings is 1. The fourth-order valence-corrected chi connectivity index (χ4v) is 3.88. The lowest BCUT2D eigenvalue weighted by Gasteiger charge is -2.15. The molecule has 2 N–H and O–H groups in total. The molecule has 0 amide bonds. The van der Waals surface area contributed by atoms with Crippen molar-refractivity contribution in [2.24, 2.45) is 0 Å². The van der Waals surface area contributed by atoms with Crippen LogP contribution >= 0.6 is 11.3 Å². The van der Waals surface area contributed by atoms with Crippen LogP contribution < -0.4 is 5.32 Å². The van der Waals surface area contributed by atoms with Crippen molar-refractivity contribution in [1.29, 1.82) is 0 Å². The topological polar surface area (TPSA) is 79.4 Å². The molecule has 3 aromatic heterocycles. The number of hydrogen-bond donors (Lipinski definition) is 2. The van der Waals surface area contributed by atoms with E-state index in [0.29, 0.717) is 0 Å². The fraction of sp³-hybridized carbons (Fsp3) is 0.263. The van der Waals surface area contributed by atoms with Crippen molar-refractivity contribution in [3.63, 3.8) is 0 Å². The number of hydrogen-bond acceptors (Lipinski definition) is 6. The lowest BCUT2D eigenvalue weighted by atomic mass is 10.0. The van der Waals surface area contributed by atoms with Gasteiger partial charge in [-0.3, -0.25) is 5.10 Å². The van der Waals surface area contributed by atoms with E-state index in [1.807, 2.05) is 6.92 Å². The predicted molar refractivity (Wildman–Crippen MR) is 105 cm³/mol. The highest BCUT2D eigenvalue weighted by Crippen LogP contribution is 2.37. The molecule has 0 fully saturated rings. The van der Waals surface area contributed by atoms with E-state index in [1.165, 1.54) is 11.1 Å². The molecule has 0 unspecified atom stereocenters. The number of anilines is 1. The van der Waals surface area contributed by atoms with Gasteiger partial charge in [0.2, 0.25) is 0 Å². The predicted octanol–water partition coefficient (Wildman–Crippen LogP) is 4.66. The Balaban J connectivity index is 1.77. The molecule has 1 aromatic carbocycles. The van der Waals surface area contributed by atoms with Crippen LogP contribution in [0, 0.1) is 13.8 Å². The summed E-state index contributed by atoms with van der Waals surface area (Å²) in [5.74, 6) is 2.38. The molecular formula is C19H20N6S. The summed E-state index contributed by atoms with van der Waals surface area (Å²) in [5, 5.41) is 13.9. The van der Waals surface area contributed by atoms with Gasteiger partial charge in [-0.05, 0) is 25.8 Å². The average molecular weight is 364 g/mol. The van der Waals surface area contributed by atoms with Gasteiger partial charge >= 0.3 is 0 Å². The number of nitrogens with one attached hydrogen (secondary N) is 2. The first-order valence-corrected chi connectivity index (χ1v) is 9.48. The number of aryl methyl sites for hydroxylation is 2. The maximum atomic E-state index is 4.52. The number of nitrogens with zero attached hydrogens (tertiary/aromatic N) is 4. The standard InChI is InChI=1S/C19H20N6S/c1-4-15(17-22-12(3)24-25-17)23-18-16-14(9-26-19(16)21-10-20-18)13-7-5-11(2)6-8-13/h5-10,15H,4H2,1-3H3,(H,20,21,23)(H,22,24,25)/t15-/m1/s1. The third kappa shape index (κ3) is 3.06. The average Bonchev–Trinajstić information content (AvgIpc) is 3.27. The van der Waals surface area contributed by atoms with E-state index < -0.39 is 0 Å². The molecule has 0 bridgehead atoms. The molecule has 6 nitrogen and oxygen atoms in total. The van der Waals surface area contributed by atoms with E-state index in [9.17, 15) is 0 Å². The summed E-state index contributed by atoms with van der Waals surface area (Å²) in [5.41, 5.74) is 3.56. The molecule has 0 spiro atoms. The van der Waals surface area contributed by atoms with Gasteiger partial charge in [0.25, 0.3) is 0 Å². The Kier molecular flexibility index (Phi) is 4.38. The Morgan fingerprint density at radius 1 is 1.15 bits per heavy atom. The summed E-state index contributed by atoms with van der Waals surface area (Å²) in [6.07, 6.45) is 2.46. The Hall–Kier alpha value is -2.80. The molecule has 26 heavy (non-hydrogen) atoms.